The van der Waals surface area contributed by atoms with Crippen molar-refractivity contribution >= 4 is 40.2 Å². The highest BCUT2D eigenvalue weighted by Gasteiger charge is 2.57. The van der Waals surface area contributed by atoms with Crippen molar-refractivity contribution < 1.29 is 8.78 Å². The third-order valence-electron chi connectivity index (χ3n) is 6.62. The predicted molar refractivity (Wildman–Crippen MR) is 113 cm³/mol. The standard InChI is InChI=1S/C20H20Cl2F2N6/c21-12-3-1-2-11(14(12)22)15-16-17(29-28-15)27-13(10-26-16)30-8-6-19(7-9-30)4-5-20(23,24)18(19)25/h1-3,10,18H,4-9,25H2,(H,27,28,29). The van der Waals surface area contributed by atoms with Crippen molar-refractivity contribution in [2.75, 3.05) is 18.0 Å². The maximum absolute atomic E-state index is 14.0. The molecule has 0 bridgehead atoms. The Hall–Kier alpha value is -2.03. The first-order valence-corrected chi connectivity index (χ1v) is 10.6. The maximum atomic E-state index is 14.0. The second-order valence-electron chi connectivity index (χ2n) is 8.19. The number of rotatable bonds is 2. The number of aromatic amines is 1. The minimum absolute atomic E-state index is 0.122. The summed E-state index contributed by atoms with van der Waals surface area (Å²) >= 11 is 12.4. The van der Waals surface area contributed by atoms with E-state index in [1.807, 2.05) is 6.07 Å². The molecule has 3 aromatic rings. The summed E-state index contributed by atoms with van der Waals surface area (Å²) in [6.07, 6.45) is 3.28. The molecule has 1 aromatic carbocycles. The first-order chi connectivity index (χ1) is 14.3. The topological polar surface area (TPSA) is 83.7 Å². The average Bonchev–Trinajstić information content (AvgIpc) is 3.25. The maximum Gasteiger partial charge on any atom is 0.263 e. The normalized spacial score (nSPS) is 22.8. The Morgan fingerprint density at radius 3 is 2.60 bits per heavy atom. The summed E-state index contributed by atoms with van der Waals surface area (Å²) in [7, 11) is 0. The van der Waals surface area contributed by atoms with Crippen LogP contribution in [0.4, 0.5) is 14.6 Å². The third-order valence-corrected chi connectivity index (χ3v) is 7.44. The van der Waals surface area contributed by atoms with Gasteiger partial charge < -0.3 is 10.6 Å². The molecule has 0 radical (unpaired) electrons. The molecule has 158 valence electrons. The molecule has 6 nitrogen and oxygen atoms in total. The zero-order valence-corrected chi connectivity index (χ0v) is 17.5. The van der Waals surface area contributed by atoms with Crippen molar-refractivity contribution in [3.05, 3.63) is 34.4 Å². The molecule has 1 spiro atoms. The van der Waals surface area contributed by atoms with E-state index in [0.717, 1.165) is 0 Å². The van der Waals surface area contributed by atoms with E-state index in [-0.39, 0.29) is 6.42 Å². The minimum Gasteiger partial charge on any atom is -0.355 e. The number of alkyl halides is 2. The van der Waals surface area contributed by atoms with E-state index in [2.05, 4.69) is 25.1 Å². The van der Waals surface area contributed by atoms with Crippen molar-refractivity contribution in [3.63, 3.8) is 0 Å². The van der Waals surface area contributed by atoms with Gasteiger partial charge in [0.2, 0.25) is 0 Å². The van der Waals surface area contributed by atoms with Gasteiger partial charge in [-0.3, -0.25) is 5.10 Å². The Balaban J connectivity index is 1.39. The van der Waals surface area contributed by atoms with Gasteiger partial charge in [0, 0.05) is 25.1 Å². The molecule has 0 amide bonds. The second kappa shape index (κ2) is 7.00. The van der Waals surface area contributed by atoms with Crippen molar-refractivity contribution in [1.82, 2.24) is 20.2 Å². The number of fused-ring (bicyclic) bond motifs is 1. The summed E-state index contributed by atoms with van der Waals surface area (Å²) in [5.74, 6) is -2.09. The summed E-state index contributed by atoms with van der Waals surface area (Å²) in [5.41, 5.74) is 7.82. The Kier molecular flexibility index (Phi) is 4.65. The van der Waals surface area contributed by atoms with Gasteiger partial charge in [-0.15, -0.1) is 0 Å². The van der Waals surface area contributed by atoms with Gasteiger partial charge in [-0.2, -0.15) is 5.10 Å². The second-order valence-corrected chi connectivity index (χ2v) is 8.97. The molecular weight excluding hydrogens is 433 g/mol. The van der Waals surface area contributed by atoms with Crippen LogP contribution >= 0.6 is 23.2 Å². The molecule has 1 aliphatic carbocycles. The van der Waals surface area contributed by atoms with Crippen LogP contribution in [0.3, 0.4) is 0 Å². The number of nitrogens with two attached hydrogens (primary N) is 1. The SMILES string of the molecule is NC1C(F)(F)CCC12CCN(c1cnc3c(-c4cccc(Cl)c4Cl)n[nH]c3n1)CC2. The summed E-state index contributed by atoms with van der Waals surface area (Å²) in [4.78, 5) is 11.3. The molecule has 1 unspecified atom stereocenters. The van der Waals surface area contributed by atoms with E-state index in [1.165, 1.54) is 0 Å². The van der Waals surface area contributed by atoms with Gasteiger partial charge in [0.15, 0.2) is 5.65 Å². The van der Waals surface area contributed by atoms with E-state index in [9.17, 15) is 8.78 Å². The van der Waals surface area contributed by atoms with Gasteiger partial charge in [-0.05, 0) is 30.7 Å². The predicted octanol–water partition coefficient (Wildman–Crippen LogP) is 4.67. The van der Waals surface area contributed by atoms with Crippen LogP contribution in [0.15, 0.2) is 24.4 Å². The lowest BCUT2D eigenvalue weighted by molar-refractivity contribution is -0.0279. The molecular formula is C20H20Cl2F2N6. The van der Waals surface area contributed by atoms with E-state index in [4.69, 9.17) is 28.9 Å². The number of piperidine rings is 1. The number of anilines is 1. The van der Waals surface area contributed by atoms with Crippen molar-refractivity contribution in [1.29, 1.82) is 0 Å². The van der Waals surface area contributed by atoms with Gasteiger partial charge in [0.05, 0.1) is 22.3 Å². The van der Waals surface area contributed by atoms with E-state index < -0.39 is 17.4 Å². The lowest BCUT2D eigenvalue weighted by Crippen LogP contribution is -2.52. The van der Waals surface area contributed by atoms with Gasteiger partial charge in [-0.25, -0.2) is 18.7 Å². The van der Waals surface area contributed by atoms with Crippen LogP contribution < -0.4 is 10.6 Å². The third kappa shape index (κ3) is 3.04. The molecule has 10 heteroatoms. The van der Waals surface area contributed by atoms with Crippen LogP contribution in [0.1, 0.15) is 25.7 Å². The number of hydrogen-bond acceptors (Lipinski definition) is 5. The van der Waals surface area contributed by atoms with Crippen molar-refractivity contribution in [2.45, 2.75) is 37.6 Å². The summed E-state index contributed by atoms with van der Waals surface area (Å²) in [6.45, 7) is 1.23. The molecule has 3 heterocycles. The lowest BCUT2D eigenvalue weighted by atomic mass is 9.74. The Labute approximate surface area is 181 Å². The minimum atomic E-state index is -2.77. The van der Waals surface area contributed by atoms with Gasteiger partial charge in [-0.1, -0.05) is 35.3 Å². The zero-order chi connectivity index (χ0) is 21.1. The number of halogens is 4. The molecule has 1 saturated heterocycles. The van der Waals surface area contributed by atoms with Crippen LogP contribution in [0.5, 0.6) is 0 Å². The molecule has 2 aliphatic rings. The highest BCUT2D eigenvalue weighted by Crippen LogP contribution is 2.52. The molecule has 3 N–H and O–H groups in total. The number of aromatic nitrogens is 4. The van der Waals surface area contributed by atoms with Crippen LogP contribution in [0.25, 0.3) is 22.4 Å². The van der Waals surface area contributed by atoms with E-state index in [0.29, 0.717) is 70.6 Å². The molecule has 1 saturated carbocycles. The van der Waals surface area contributed by atoms with Crippen LogP contribution in [0, 0.1) is 5.41 Å². The van der Waals surface area contributed by atoms with Crippen LogP contribution in [-0.4, -0.2) is 45.2 Å². The summed E-state index contributed by atoms with van der Waals surface area (Å²) in [5, 5.41) is 8.08. The van der Waals surface area contributed by atoms with E-state index in [1.54, 1.807) is 18.3 Å². The zero-order valence-electron chi connectivity index (χ0n) is 16.0. The number of benzene rings is 1. The Morgan fingerprint density at radius 1 is 1.13 bits per heavy atom. The summed E-state index contributed by atoms with van der Waals surface area (Å²) in [6, 6.07) is 4.26. The molecule has 1 aliphatic heterocycles. The monoisotopic (exact) mass is 452 g/mol. The van der Waals surface area contributed by atoms with Crippen molar-refractivity contribution in [2.24, 2.45) is 11.1 Å². The average molecular weight is 453 g/mol. The van der Waals surface area contributed by atoms with Gasteiger partial charge in [0.25, 0.3) is 5.92 Å². The lowest BCUT2D eigenvalue weighted by Gasteiger charge is -2.42. The largest absolute Gasteiger partial charge is 0.355 e. The Morgan fingerprint density at radius 2 is 1.90 bits per heavy atom. The smallest absolute Gasteiger partial charge is 0.263 e. The molecule has 30 heavy (non-hydrogen) atoms. The van der Waals surface area contributed by atoms with Gasteiger partial charge >= 0.3 is 0 Å². The molecule has 2 fully saturated rings. The van der Waals surface area contributed by atoms with E-state index >= 15 is 0 Å². The fourth-order valence-electron chi connectivity index (χ4n) is 4.74. The molecule has 1 atom stereocenters. The number of hydrogen-bond donors (Lipinski definition) is 2. The van der Waals surface area contributed by atoms with Crippen LogP contribution in [0.2, 0.25) is 10.0 Å². The van der Waals surface area contributed by atoms with Gasteiger partial charge in [0.1, 0.15) is 17.0 Å². The quantitative estimate of drug-likeness (QED) is 0.589. The highest BCUT2D eigenvalue weighted by molar-refractivity contribution is 6.43. The van der Waals surface area contributed by atoms with Crippen molar-refractivity contribution in [3.8, 4) is 11.3 Å². The number of H-pyrrole nitrogens is 1. The highest BCUT2D eigenvalue weighted by atomic mass is 35.5. The number of nitrogens with zero attached hydrogens (tertiary/aromatic N) is 4. The fraction of sp³-hybridized carbons (Fsp3) is 0.450. The molecule has 5 rings (SSSR count). The van der Waals surface area contributed by atoms with Crippen LogP contribution in [-0.2, 0) is 0 Å². The summed E-state index contributed by atoms with van der Waals surface area (Å²) < 4.78 is 27.9. The first-order valence-electron chi connectivity index (χ1n) is 9.85. The fourth-order valence-corrected chi connectivity index (χ4v) is 5.13. The Bertz CT molecular complexity index is 1110. The number of nitrogens with one attached hydrogen (secondary N) is 1. The first kappa shape index (κ1) is 19.9. The molecule has 2 aromatic heterocycles.